The van der Waals surface area contributed by atoms with Gasteiger partial charge in [0.2, 0.25) is 16.8 Å². The van der Waals surface area contributed by atoms with Gasteiger partial charge in [0, 0.05) is 24.2 Å². The van der Waals surface area contributed by atoms with E-state index in [9.17, 15) is 18.0 Å². The summed E-state index contributed by atoms with van der Waals surface area (Å²) in [4.78, 5) is 28.0. The number of H-pyrrole nitrogens is 1. The highest BCUT2D eigenvalue weighted by molar-refractivity contribution is 7.89. The zero-order valence-corrected chi connectivity index (χ0v) is 22.6. The second-order valence-corrected chi connectivity index (χ2v) is 11.3. The number of ether oxygens (including phenoxy) is 3. The molecule has 202 valence electrons. The normalized spacial score (nSPS) is 12.7. The molecule has 4 aromatic rings. The third-order valence-electron chi connectivity index (χ3n) is 6.68. The Morgan fingerprint density at radius 1 is 0.949 bits per heavy atom. The van der Waals surface area contributed by atoms with Crippen molar-refractivity contribution in [1.82, 2.24) is 9.29 Å². The van der Waals surface area contributed by atoms with Crippen LogP contribution in [-0.4, -0.2) is 37.1 Å². The van der Waals surface area contributed by atoms with E-state index in [-0.39, 0.29) is 42.5 Å². The van der Waals surface area contributed by atoms with Gasteiger partial charge in [0.25, 0.3) is 5.56 Å². The molecule has 0 unspecified atom stereocenters. The fraction of sp³-hybridized carbons (Fsp3) is 0.241. The molecular weight excluding hydrogens is 520 g/mol. The lowest BCUT2D eigenvalue weighted by Crippen LogP contribution is -2.32. The van der Waals surface area contributed by atoms with Crippen molar-refractivity contribution in [2.45, 2.75) is 38.8 Å². The van der Waals surface area contributed by atoms with Crippen molar-refractivity contribution >= 4 is 26.9 Å². The summed E-state index contributed by atoms with van der Waals surface area (Å²) < 4.78 is 44.9. The first-order chi connectivity index (χ1) is 18.7. The monoisotopic (exact) mass is 548 g/mol. The molecule has 1 N–H and O–H groups in total. The Morgan fingerprint density at radius 3 is 2.41 bits per heavy atom. The van der Waals surface area contributed by atoms with Gasteiger partial charge in [-0.25, -0.2) is 13.2 Å². The summed E-state index contributed by atoms with van der Waals surface area (Å²) in [6.45, 7) is 5.75. The van der Waals surface area contributed by atoms with Gasteiger partial charge in [-0.05, 0) is 97.4 Å². The predicted octanol–water partition coefficient (Wildman–Crippen LogP) is 4.44. The lowest BCUT2D eigenvalue weighted by molar-refractivity contribution is 0.0526. The van der Waals surface area contributed by atoms with Gasteiger partial charge in [-0.15, -0.1) is 0 Å². The minimum Gasteiger partial charge on any atom is -0.462 e. The van der Waals surface area contributed by atoms with Gasteiger partial charge in [0.1, 0.15) is 0 Å². The van der Waals surface area contributed by atoms with E-state index in [4.69, 9.17) is 14.2 Å². The van der Waals surface area contributed by atoms with E-state index in [1.165, 1.54) is 28.6 Å². The molecule has 1 aliphatic heterocycles. The zero-order valence-electron chi connectivity index (χ0n) is 21.8. The third-order valence-corrected chi connectivity index (χ3v) is 8.49. The Hall–Kier alpha value is -4.15. The van der Waals surface area contributed by atoms with Crippen molar-refractivity contribution in [3.05, 3.63) is 98.8 Å². The minimum atomic E-state index is -4.09. The van der Waals surface area contributed by atoms with E-state index in [0.717, 1.165) is 16.5 Å². The number of sulfonamides is 1. The average molecular weight is 549 g/mol. The number of carbonyl (C=O) groups excluding carboxylic acids is 1. The van der Waals surface area contributed by atoms with Gasteiger partial charge < -0.3 is 19.2 Å². The number of nitrogens with one attached hydrogen (secondary N) is 1. The van der Waals surface area contributed by atoms with Gasteiger partial charge in [-0.1, -0.05) is 6.07 Å². The van der Waals surface area contributed by atoms with Crippen LogP contribution in [0.2, 0.25) is 0 Å². The standard InChI is InChI=1S/C29H28N2O7S/c1-4-36-29(33)21-6-8-24(9-7-21)39(34,35)31(15-20-5-10-26-27(13-20)38-17-37-26)16-23-14-22-11-18(2)19(3)12-25(22)30-28(23)32/h5-14H,4,15-17H2,1-3H3,(H,30,32). The molecule has 1 aliphatic rings. The largest absolute Gasteiger partial charge is 0.462 e. The number of aromatic nitrogens is 1. The average Bonchev–Trinajstić information content (AvgIpc) is 3.38. The van der Waals surface area contributed by atoms with Crippen LogP contribution in [0.3, 0.4) is 0 Å². The molecule has 0 atom stereocenters. The van der Waals surface area contributed by atoms with Crippen LogP contribution in [0, 0.1) is 13.8 Å². The number of aryl methyl sites for hydroxylation is 2. The maximum absolute atomic E-state index is 13.9. The summed E-state index contributed by atoms with van der Waals surface area (Å²) in [5.74, 6) is 0.573. The van der Waals surface area contributed by atoms with E-state index >= 15 is 0 Å². The number of fused-ring (bicyclic) bond motifs is 2. The first kappa shape index (κ1) is 26.5. The Labute approximate surface area is 226 Å². The van der Waals surface area contributed by atoms with E-state index < -0.39 is 16.0 Å². The molecule has 5 rings (SSSR count). The fourth-order valence-corrected chi connectivity index (χ4v) is 5.83. The number of pyridine rings is 1. The van der Waals surface area contributed by atoms with Crippen molar-refractivity contribution in [2.24, 2.45) is 0 Å². The van der Waals surface area contributed by atoms with Crippen molar-refractivity contribution < 1.29 is 27.4 Å². The Bertz CT molecular complexity index is 1730. The second-order valence-electron chi connectivity index (χ2n) is 9.35. The van der Waals surface area contributed by atoms with Gasteiger partial charge in [0.15, 0.2) is 11.5 Å². The molecule has 0 amide bonds. The lowest BCUT2D eigenvalue weighted by Gasteiger charge is -2.23. The molecule has 0 bridgehead atoms. The third kappa shape index (κ3) is 5.39. The zero-order chi connectivity index (χ0) is 27.7. The van der Waals surface area contributed by atoms with Crippen molar-refractivity contribution in [3.63, 3.8) is 0 Å². The first-order valence-corrected chi connectivity index (χ1v) is 13.9. The van der Waals surface area contributed by atoms with Crippen molar-refractivity contribution in [3.8, 4) is 11.5 Å². The molecular formula is C29H28N2O7S. The van der Waals surface area contributed by atoms with E-state index in [1.54, 1.807) is 31.2 Å². The maximum Gasteiger partial charge on any atom is 0.338 e. The minimum absolute atomic E-state index is 0.0139. The number of hydrogen-bond donors (Lipinski definition) is 1. The molecule has 0 saturated heterocycles. The van der Waals surface area contributed by atoms with Crippen LogP contribution in [-0.2, 0) is 27.8 Å². The fourth-order valence-electron chi connectivity index (χ4n) is 4.42. The Balaban J connectivity index is 1.54. The number of carbonyl (C=O) groups is 1. The highest BCUT2D eigenvalue weighted by atomic mass is 32.2. The second kappa shape index (κ2) is 10.5. The van der Waals surface area contributed by atoms with Crippen molar-refractivity contribution in [2.75, 3.05) is 13.4 Å². The van der Waals surface area contributed by atoms with Gasteiger partial charge in [-0.2, -0.15) is 4.31 Å². The number of esters is 1. The van der Waals surface area contributed by atoms with Gasteiger partial charge >= 0.3 is 5.97 Å². The van der Waals surface area contributed by atoms with Crippen LogP contribution >= 0.6 is 0 Å². The van der Waals surface area contributed by atoms with Gasteiger partial charge in [-0.3, -0.25) is 4.79 Å². The predicted molar refractivity (Wildman–Crippen MR) is 145 cm³/mol. The molecule has 1 aromatic heterocycles. The lowest BCUT2D eigenvalue weighted by atomic mass is 10.0. The number of rotatable bonds is 8. The van der Waals surface area contributed by atoms with Crippen LogP contribution < -0.4 is 15.0 Å². The summed E-state index contributed by atoms with van der Waals surface area (Å²) in [5.41, 5.74) is 3.64. The van der Waals surface area contributed by atoms with Crippen LogP contribution in [0.15, 0.2) is 70.4 Å². The first-order valence-electron chi connectivity index (χ1n) is 12.4. The molecule has 0 radical (unpaired) electrons. The molecule has 0 fully saturated rings. The van der Waals surface area contributed by atoms with E-state index in [2.05, 4.69) is 4.98 Å². The number of benzene rings is 3. The quantitative estimate of drug-likeness (QED) is 0.324. The number of aromatic amines is 1. The maximum atomic E-state index is 13.9. The molecule has 2 heterocycles. The summed E-state index contributed by atoms with van der Waals surface area (Å²) >= 11 is 0. The molecule has 0 aliphatic carbocycles. The smallest absolute Gasteiger partial charge is 0.338 e. The molecule has 10 heteroatoms. The summed E-state index contributed by atoms with van der Waals surface area (Å²) in [6, 6.07) is 16.4. The molecule has 3 aromatic carbocycles. The van der Waals surface area contributed by atoms with Gasteiger partial charge in [0.05, 0.1) is 17.1 Å². The summed E-state index contributed by atoms with van der Waals surface area (Å²) in [7, 11) is -4.09. The number of hydrogen-bond acceptors (Lipinski definition) is 7. The highest BCUT2D eigenvalue weighted by Crippen LogP contribution is 2.33. The van der Waals surface area contributed by atoms with Crippen LogP contribution in [0.1, 0.15) is 39.5 Å². The topological polar surface area (TPSA) is 115 Å². The Kier molecular flexibility index (Phi) is 7.16. The summed E-state index contributed by atoms with van der Waals surface area (Å²) in [6.07, 6.45) is 0. The SMILES string of the molecule is CCOC(=O)c1ccc(S(=O)(=O)N(Cc2ccc3c(c2)OCO3)Cc2cc3cc(C)c(C)cc3[nH]c2=O)cc1. The van der Waals surface area contributed by atoms with Crippen LogP contribution in [0.4, 0.5) is 0 Å². The molecule has 39 heavy (non-hydrogen) atoms. The van der Waals surface area contributed by atoms with Crippen LogP contribution in [0.25, 0.3) is 10.9 Å². The highest BCUT2D eigenvalue weighted by Gasteiger charge is 2.27. The van der Waals surface area contributed by atoms with E-state index in [0.29, 0.717) is 28.1 Å². The Morgan fingerprint density at radius 2 is 1.67 bits per heavy atom. The van der Waals surface area contributed by atoms with Crippen LogP contribution in [0.5, 0.6) is 11.5 Å². The summed E-state index contributed by atoms with van der Waals surface area (Å²) in [5, 5.41) is 0.812. The molecule has 9 nitrogen and oxygen atoms in total. The molecule has 0 spiro atoms. The molecule has 0 saturated carbocycles. The van der Waals surface area contributed by atoms with Crippen molar-refractivity contribution in [1.29, 1.82) is 0 Å². The van der Waals surface area contributed by atoms with E-state index in [1.807, 2.05) is 26.0 Å². The number of nitrogens with zero attached hydrogens (tertiary/aromatic N) is 1.